The first kappa shape index (κ1) is 29.7. The number of rotatable bonds is 11. The Morgan fingerprint density at radius 3 is 2.16 bits per heavy atom. The molecule has 1 atom stereocenters. The topological polar surface area (TPSA) is 86.8 Å². The first-order valence-corrected chi connectivity index (χ1v) is 14.8. The molecule has 0 spiro atoms. The predicted molar refractivity (Wildman–Crippen MR) is 155 cm³/mol. The second kappa shape index (κ2) is 13.3. The lowest BCUT2D eigenvalue weighted by molar-refractivity contribution is -0.139. The van der Waals surface area contributed by atoms with Crippen LogP contribution in [0.25, 0.3) is 0 Å². The summed E-state index contributed by atoms with van der Waals surface area (Å²) < 4.78 is 29.5. The Morgan fingerprint density at radius 1 is 0.974 bits per heavy atom. The van der Waals surface area contributed by atoms with Gasteiger partial charge in [-0.15, -0.1) is 0 Å². The van der Waals surface area contributed by atoms with Gasteiger partial charge in [-0.25, -0.2) is 8.42 Å². The van der Waals surface area contributed by atoms with Crippen LogP contribution < -0.4 is 9.62 Å². The number of hydrogen-bond donors (Lipinski definition) is 1. The van der Waals surface area contributed by atoms with Gasteiger partial charge in [-0.3, -0.25) is 13.9 Å². The number of aryl methyl sites for hydroxylation is 1. The van der Waals surface area contributed by atoms with Gasteiger partial charge < -0.3 is 10.2 Å². The van der Waals surface area contributed by atoms with Gasteiger partial charge in [0.05, 0.1) is 10.6 Å². The molecule has 3 rings (SSSR count). The van der Waals surface area contributed by atoms with Crippen molar-refractivity contribution in [3.63, 3.8) is 0 Å². The fraction of sp³-hybridized carbons (Fsp3) is 0.286. The van der Waals surface area contributed by atoms with Crippen molar-refractivity contribution in [1.82, 2.24) is 10.2 Å². The summed E-state index contributed by atoms with van der Waals surface area (Å²) in [4.78, 5) is 28.2. The van der Waals surface area contributed by atoms with E-state index in [-0.39, 0.29) is 23.0 Å². The number of carbonyl (C=O) groups excluding carboxylic acids is 2. The minimum Gasteiger partial charge on any atom is -0.354 e. The Morgan fingerprint density at radius 2 is 1.58 bits per heavy atom. The predicted octanol–water partition coefficient (Wildman–Crippen LogP) is 5.55. The number of nitrogens with one attached hydrogen (secondary N) is 1. The van der Waals surface area contributed by atoms with Crippen LogP contribution in [0.2, 0.25) is 5.02 Å². The zero-order valence-electron chi connectivity index (χ0n) is 21.5. The first-order valence-electron chi connectivity index (χ1n) is 12.2. The first-order chi connectivity index (χ1) is 18.0. The summed E-state index contributed by atoms with van der Waals surface area (Å²) in [5.74, 6) is -0.825. The molecule has 202 valence electrons. The van der Waals surface area contributed by atoms with Crippen LogP contribution in [-0.4, -0.2) is 44.3 Å². The monoisotopic (exact) mass is 619 g/mol. The zero-order valence-corrected chi connectivity index (χ0v) is 24.7. The number of halogens is 2. The molecule has 0 aliphatic rings. The molecular formula is C28H31BrClN3O4S. The number of amides is 2. The molecule has 0 saturated carbocycles. The van der Waals surface area contributed by atoms with Crippen LogP contribution in [0.15, 0.2) is 82.2 Å². The highest BCUT2D eigenvalue weighted by atomic mass is 79.9. The standard InChI is InChI=1S/C28H31BrClN3O4S/c1-4-17-31-28(35)21(3)32(18-22-7-9-23(29)10-8-22)27(34)19-33(25-13-11-24(30)12-14-25)38(36,37)26-15-5-20(2)6-16-26/h5-16,21H,4,17-19H2,1-3H3,(H,31,35). The van der Waals surface area contributed by atoms with Crippen molar-refractivity contribution in [1.29, 1.82) is 0 Å². The molecule has 1 N–H and O–H groups in total. The number of carbonyl (C=O) groups is 2. The van der Waals surface area contributed by atoms with Crippen molar-refractivity contribution in [2.45, 2.75) is 44.7 Å². The summed E-state index contributed by atoms with van der Waals surface area (Å²) in [6, 6.07) is 19.2. The second-order valence-corrected chi connectivity index (χ2v) is 12.1. The van der Waals surface area contributed by atoms with E-state index in [1.165, 1.54) is 17.0 Å². The van der Waals surface area contributed by atoms with E-state index in [0.717, 1.165) is 26.3 Å². The summed E-state index contributed by atoms with van der Waals surface area (Å²) >= 11 is 9.46. The van der Waals surface area contributed by atoms with Crippen molar-refractivity contribution < 1.29 is 18.0 Å². The summed E-state index contributed by atoms with van der Waals surface area (Å²) in [5, 5.41) is 3.26. The molecular weight excluding hydrogens is 590 g/mol. The van der Waals surface area contributed by atoms with Gasteiger partial charge in [-0.05, 0) is 74.4 Å². The van der Waals surface area contributed by atoms with E-state index in [1.54, 1.807) is 43.3 Å². The Hall–Kier alpha value is -2.88. The Kier molecular flexibility index (Phi) is 10.4. The average molecular weight is 621 g/mol. The van der Waals surface area contributed by atoms with E-state index in [1.807, 2.05) is 38.1 Å². The molecule has 0 bridgehead atoms. The average Bonchev–Trinajstić information content (AvgIpc) is 2.90. The Balaban J connectivity index is 2.00. The van der Waals surface area contributed by atoms with E-state index in [4.69, 9.17) is 11.6 Å². The quantitative estimate of drug-likeness (QED) is 0.305. The lowest BCUT2D eigenvalue weighted by Crippen LogP contribution is -2.51. The fourth-order valence-corrected chi connectivity index (χ4v) is 5.54. The fourth-order valence-electron chi connectivity index (χ4n) is 3.74. The highest BCUT2D eigenvalue weighted by Gasteiger charge is 2.32. The van der Waals surface area contributed by atoms with Gasteiger partial charge in [0.25, 0.3) is 10.0 Å². The minimum atomic E-state index is -4.11. The SMILES string of the molecule is CCCNC(=O)C(C)N(Cc1ccc(Br)cc1)C(=O)CN(c1ccc(Cl)cc1)S(=O)(=O)c1ccc(C)cc1. The highest BCUT2D eigenvalue weighted by molar-refractivity contribution is 9.10. The number of hydrogen-bond acceptors (Lipinski definition) is 4. The van der Waals surface area contributed by atoms with Crippen molar-refractivity contribution in [3.05, 3.63) is 93.4 Å². The summed E-state index contributed by atoms with van der Waals surface area (Å²) in [6.45, 7) is 5.55. The van der Waals surface area contributed by atoms with Gasteiger partial charge in [-0.1, -0.05) is 64.3 Å². The van der Waals surface area contributed by atoms with Gasteiger partial charge in [-0.2, -0.15) is 0 Å². The molecule has 10 heteroatoms. The molecule has 0 heterocycles. The minimum absolute atomic E-state index is 0.0547. The summed E-state index contributed by atoms with van der Waals surface area (Å²) in [7, 11) is -4.11. The normalized spacial score (nSPS) is 12.0. The number of benzene rings is 3. The molecule has 3 aromatic rings. The van der Waals surface area contributed by atoms with E-state index < -0.39 is 28.5 Å². The molecule has 0 saturated heterocycles. The van der Waals surface area contributed by atoms with Crippen LogP contribution in [0, 0.1) is 6.92 Å². The summed E-state index contributed by atoms with van der Waals surface area (Å²) in [5.41, 5.74) is 2.00. The lowest BCUT2D eigenvalue weighted by Gasteiger charge is -2.32. The second-order valence-electron chi connectivity index (χ2n) is 8.92. The third kappa shape index (κ3) is 7.58. The van der Waals surface area contributed by atoms with Crippen LogP contribution >= 0.6 is 27.5 Å². The van der Waals surface area contributed by atoms with Crippen molar-refractivity contribution in [2.24, 2.45) is 0 Å². The smallest absolute Gasteiger partial charge is 0.264 e. The Bertz CT molecular complexity index is 1350. The molecule has 1 unspecified atom stereocenters. The molecule has 2 amide bonds. The lowest BCUT2D eigenvalue weighted by atomic mass is 10.1. The summed E-state index contributed by atoms with van der Waals surface area (Å²) in [6.07, 6.45) is 0.748. The van der Waals surface area contributed by atoms with Crippen molar-refractivity contribution in [3.8, 4) is 0 Å². The third-order valence-electron chi connectivity index (χ3n) is 5.99. The maximum absolute atomic E-state index is 13.8. The van der Waals surface area contributed by atoms with E-state index >= 15 is 0 Å². The van der Waals surface area contributed by atoms with Crippen LogP contribution in [0.5, 0.6) is 0 Å². The molecule has 0 radical (unpaired) electrons. The van der Waals surface area contributed by atoms with Gasteiger partial charge in [0.1, 0.15) is 12.6 Å². The van der Waals surface area contributed by atoms with E-state index in [9.17, 15) is 18.0 Å². The number of anilines is 1. The van der Waals surface area contributed by atoms with Crippen LogP contribution in [0.4, 0.5) is 5.69 Å². The molecule has 38 heavy (non-hydrogen) atoms. The van der Waals surface area contributed by atoms with Crippen molar-refractivity contribution in [2.75, 3.05) is 17.4 Å². The maximum atomic E-state index is 13.8. The number of sulfonamides is 1. The molecule has 7 nitrogen and oxygen atoms in total. The van der Waals surface area contributed by atoms with Crippen LogP contribution in [0.1, 0.15) is 31.4 Å². The van der Waals surface area contributed by atoms with Crippen molar-refractivity contribution >= 4 is 55.1 Å². The molecule has 0 fully saturated rings. The Labute approximate surface area is 238 Å². The van der Waals surface area contributed by atoms with Crippen LogP contribution in [0.3, 0.4) is 0 Å². The van der Waals surface area contributed by atoms with Crippen LogP contribution in [-0.2, 0) is 26.2 Å². The molecule has 0 aliphatic heterocycles. The van der Waals surface area contributed by atoms with Gasteiger partial charge in [0.15, 0.2) is 0 Å². The van der Waals surface area contributed by atoms with E-state index in [2.05, 4.69) is 21.2 Å². The zero-order chi connectivity index (χ0) is 27.9. The molecule has 0 aliphatic carbocycles. The molecule has 0 aromatic heterocycles. The van der Waals surface area contributed by atoms with Gasteiger partial charge >= 0.3 is 0 Å². The van der Waals surface area contributed by atoms with E-state index in [0.29, 0.717) is 11.6 Å². The van der Waals surface area contributed by atoms with Gasteiger partial charge in [0, 0.05) is 22.6 Å². The third-order valence-corrected chi connectivity index (χ3v) is 8.55. The number of nitrogens with zero attached hydrogens (tertiary/aromatic N) is 2. The maximum Gasteiger partial charge on any atom is 0.264 e. The highest BCUT2D eigenvalue weighted by Crippen LogP contribution is 2.26. The largest absolute Gasteiger partial charge is 0.354 e. The van der Waals surface area contributed by atoms with Gasteiger partial charge in [0.2, 0.25) is 11.8 Å². The molecule has 3 aromatic carbocycles.